The number of benzene rings is 1. The average molecular weight is 415 g/mol. The van der Waals surface area contributed by atoms with Gasteiger partial charge in [-0.2, -0.15) is 16.1 Å². The molecule has 1 aromatic rings. The van der Waals surface area contributed by atoms with E-state index in [1.165, 1.54) is 26.4 Å². The highest BCUT2D eigenvalue weighted by Crippen LogP contribution is 2.33. The summed E-state index contributed by atoms with van der Waals surface area (Å²) in [7, 11) is -0.626. The van der Waals surface area contributed by atoms with Crippen molar-refractivity contribution in [3.8, 4) is 11.5 Å². The minimum absolute atomic E-state index is 0.0171. The standard InChI is InChI=1S/C19H30N2O4S2/c1-24-17-7-8-18(25-2)19(13-17)27(22,23)21-11-6-12-26-15-16(21)14-20-9-4-3-5-10-20/h7-8,13,16H,3-6,9-12,14-15H2,1-2H3. The second-order valence-corrected chi connectivity index (χ2v) is 10.1. The second kappa shape index (κ2) is 9.49. The number of piperidine rings is 1. The van der Waals surface area contributed by atoms with Crippen LogP contribution in [0.4, 0.5) is 0 Å². The van der Waals surface area contributed by atoms with E-state index in [-0.39, 0.29) is 10.9 Å². The Labute approximate surface area is 167 Å². The minimum atomic E-state index is -3.67. The van der Waals surface area contributed by atoms with E-state index in [0.717, 1.165) is 37.6 Å². The molecule has 0 spiro atoms. The van der Waals surface area contributed by atoms with Gasteiger partial charge in [0.15, 0.2) is 0 Å². The average Bonchev–Trinajstić information content (AvgIpc) is 2.94. The summed E-state index contributed by atoms with van der Waals surface area (Å²) < 4.78 is 39.5. The Morgan fingerprint density at radius 3 is 2.56 bits per heavy atom. The quantitative estimate of drug-likeness (QED) is 0.713. The van der Waals surface area contributed by atoms with Gasteiger partial charge in [0.2, 0.25) is 10.0 Å². The van der Waals surface area contributed by atoms with Gasteiger partial charge in [0.1, 0.15) is 16.4 Å². The summed E-state index contributed by atoms with van der Waals surface area (Å²) in [6.07, 6.45) is 4.55. The highest BCUT2D eigenvalue weighted by atomic mass is 32.2. The van der Waals surface area contributed by atoms with Crippen LogP contribution in [0.3, 0.4) is 0 Å². The first-order valence-electron chi connectivity index (χ1n) is 9.60. The van der Waals surface area contributed by atoms with Crippen molar-refractivity contribution in [1.82, 2.24) is 9.21 Å². The van der Waals surface area contributed by atoms with Crippen molar-refractivity contribution < 1.29 is 17.9 Å². The third kappa shape index (κ3) is 4.91. The third-order valence-corrected chi connectivity index (χ3v) is 8.43. The van der Waals surface area contributed by atoms with Crippen molar-refractivity contribution >= 4 is 21.8 Å². The van der Waals surface area contributed by atoms with Crippen molar-refractivity contribution in [2.75, 3.05) is 51.9 Å². The fraction of sp³-hybridized carbons (Fsp3) is 0.684. The molecule has 0 bridgehead atoms. The molecule has 0 amide bonds. The lowest BCUT2D eigenvalue weighted by Crippen LogP contribution is -2.49. The molecule has 2 heterocycles. The van der Waals surface area contributed by atoms with E-state index in [9.17, 15) is 8.42 Å². The number of methoxy groups -OCH3 is 2. The molecule has 2 saturated heterocycles. The van der Waals surface area contributed by atoms with E-state index >= 15 is 0 Å². The van der Waals surface area contributed by atoms with Gasteiger partial charge in [-0.25, -0.2) is 8.42 Å². The molecule has 152 valence electrons. The molecule has 1 atom stereocenters. The Hall–Kier alpha value is -0.960. The van der Waals surface area contributed by atoms with Crippen LogP contribution in [0.15, 0.2) is 23.1 Å². The van der Waals surface area contributed by atoms with Gasteiger partial charge in [-0.1, -0.05) is 6.42 Å². The van der Waals surface area contributed by atoms with Crippen LogP contribution in [0.5, 0.6) is 11.5 Å². The molecule has 3 rings (SSSR count). The summed E-state index contributed by atoms with van der Waals surface area (Å²) in [6.45, 7) is 3.49. The lowest BCUT2D eigenvalue weighted by Gasteiger charge is -2.35. The maximum Gasteiger partial charge on any atom is 0.247 e. The van der Waals surface area contributed by atoms with E-state index in [0.29, 0.717) is 18.0 Å². The molecule has 0 aromatic heterocycles. The van der Waals surface area contributed by atoms with Crippen molar-refractivity contribution in [1.29, 1.82) is 0 Å². The number of ether oxygens (including phenoxy) is 2. The van der Waals surface area contributed by atoms with Crippen molar-refractivity contribution in [3.05, 3.63) is 18.2 Å². The topological polar surface area (TPSA) is 59.1 Å². The van der Waals surface area contributed by atoms with Crippen LogP contribution >= 0.6 is 11.8 Å². The summed E-state index contributed by atoms with van der Waals surface area (Å²) in [5.74, 6) is 2.72. The van der Waals surface area contributed by atoms with Crippen LogP contribution < -0.4 is 9.47 Å². The Balaban J connectivity index is 1.91. The first-order valence-corrected chi connectivity index (χ1v) is 12.2. The normalized spacial score (nSPS) is 23.0. The first-order chi connectivity index (χ1) is 13.1. The van der Waals surface area contributed by atoms with E-state index < -0.39 is 10.0 Å². The number of hydrogen-bond donors (Lipinski definition) is 0. The van der Waals surface area contributed by atoms with Crippen LogP contribution in [0, 0.1) is 0 Å². The SMILES string of the molecule is COc1ccc(OC)c(S(=O)(=O)N2CCCSCC2CN2CCCCC2)c1. The number of hydrogen-bond acceptors (Lipinski definition) is 6. The monoisotopic (exact) mass is 414 g/mol. The maximum atomic E-state index is 13.6. The number of sulfonamides is 1. The number of likely N-dealkylation sites (tertiary alicyclic amines) is 1. The van der Waals surface area contributed by atoms with E-state index in [4.69, 9.17) is 9.47 Å². The highest BCUT2D eigenvalue weighted by molar-refractivity contribution is 7.99. The molecular formula is C19H30N2O4S2. The summed E-state index contributed by atoms with van der Waals surface area (Å²) in [5, 5.41) is 0. The molecule has 27 heavy (non-hydrogen) atoms. The Morgan fingerprint density at radius 1 is 1.07 bits per heavy atom. The lowest BCUT2D eigenvalue weighted by atomic mass is 10.1. The molecule has 0 radical (unpaired) electrons. The van der Waals surface area contributed by atoms with Crippen LogP contribution in [0.25, 0.3) is 0 Å². The van der Waals surface area contributed by atoms with Gasteiger partial charge in [-0.05, 0) is 50.2 Å². The van der Waals surface area contributed by atoms with Crippen LogP contribution in [0.2, 0.25) is 0 Å². The molecule has 0 saturated carbocycles. The lowest BCUT2D eigenvalue weighted by molar-refractivity contribution is 0.183. The van der Waals surface area contributed by atoms with Gasteiger partial charge in [0.25, 0.3) is 0 Å². The zero-order chi connectivity index (χ0) is 19.3. The summed E-state index contributed by atoms with van der Waals surface area (Å²) in [4.78, 5) is 2.62. The number of thioether (sulfide) groups is 1. The fourth-order valence-electron chi connectivity index (χ4n) is 3.82. The fourth-order valence-corrected chi connectivity index (χ4v) is 6.80. The second-order valence-electron chi connectivity index (χ2n) is 7.08. The van der Waals surface area contributed by atoms with Crippen LogP contribution in [-0.4, -0.2) is 75.6 Å². The highest BCUT2D eigenvalue weighted by Gasteiger charge is 2.35. The number of nitrogens with zero attached hydrogens (tertiary/aromatic N) is 2. The van der Waals surface area contributed by atoms with E-state index in [1.807, 2.05) is 11.8 Å². The van der Waals surface area contributed by atoms with E-state index in [1.54, 1.807) is 29.6 Å². The summed E-state index contributed by atoms with van der Waals surface area (Å²) >= 11 is 1.86. The predicted molar refractivity (Wildman–Crippen MR) is 109 cm³/mol. The Morgan fingerprint density at radius 2 is 1.85 bits per heavy atom. The molecule has 0 N–H and O–H groups in total. The smallest absolute Gasteiger partial charge is 0.247 e. The van der Waals surface area contributed by atoms with E-state index in [2.05, 4.69) is 4.90 Å². The molecule has 6 nitrogen and oxygen atoms in total. The third-order valence-electron chi connectivity index (χ3n) is 5.26. The molecule has 2 fully saturated rings. The molecule has 0 aliphatic carbocycles. The predicted octanol–water partition coefficient (Wildman–Crippen LogP) is 2.69. The van der Waals surface area contributed by atoms with Gasteiger partial charge in [0, 0.05) is 31.0 Å². The Bertz CT molecular complexity index is 720. The zero-order valence-corrected chi connectivity index (χ0v) is 17.9. The van der Waals surface area contributed by atoms with Crippen molar-refractivity contribution in [2.24, 2.45) is 0 Å². The molecule has 2 aliphatic rings. The molecule has 1 unspecified atom stereocenters. The van der Waals surface area contributed by atoms with Crippen molar-refractivity contribution in [2.45, 2.75) is 36.6 Å². The molecule has 1 aromatic carbocycles. The molecular weight excluding hydrogens is 384 g/mol. The largest absolute Gasteiger partial charge is 0.497 e. The van der Waals surface area contributed by atoms with Gasteiger partial charge >= 0.3 is 0 Å². The minimum Gasteiger partial charge on any atom is -0.497 e. The first kappa shape index (κ1) is 20.8. The summed E-state index contributed by atoms with van der Waals surface area (Å²) in [6, 6.07) is 4.94. The van der Waals surface area contributed by atoms with Gasteiger partial charge < -0.3 is 14.4 Å². The Kier molecular flexibility index (Phi) is 7.30. The summed E-state index contributed by atoms with van der Waals surface area (Å²) in [5.41, 5.74) is 0. The van der Waals surface area contributed by atoms with Gasteiger partial charge in [-0.3, -0.25) is 0 Å². The van der Waals surface area contributed by atoms with Crippen LogP contribution in [0.1, 0.15) is 25.7 Å². The molecule has 2 aliphatic heterocycles. The maximum absolute atomic E-state index is 13.6. The zero-order valence-electron chi connectivity index (χ0n) is 16.2. The van der Waals surface area contributed by atoms with Gasteiger partial charge in [-0.15, -0.1) is 0 Å². The van der Waals surface area contributed by atoms with Crippen molar-refractivity contribution in [3.63, 3.8) is 0 Å². The van der Waals surface area contributed by atoms with Crippen LogP contribution in [-0.2, 0) is 10.0 Å². The number of rotatable bonds is 6. The van der Waals surface area contributed by atoms with Gasteiger partial charge in [0.05, 0.1) is 14.2 Å². The molecule has 8 heteroatoms.